The molecule has 0 unspecified atom stereocenters. The van der Waals surface area contributed by atoms with E-state index in [-0.39, 0.29) is 29.0 Å². The molecule has 0 spiro atoms. The number of hydrogen-bond donors (Lipinski definition) is 0. The van der Waals surface area contributed by atoms with Crippen molar-refractivity contribution in [2.75, 3.05) is 13.2 Å². The van der Waals surface area contributed by atoms with Gasteiger partial charge in [0.05, 0.1) is 36.0 Å². The molecule has 0 N–H and O–H groups in total. The van der Waals surface area contributed by atoms with Gasteiger partial charge in [0.15, 0.2) is 11.5 Å². The van der Waals surface area contributed by atoms with Crippen molar-refractivity contribution in [3.05, 3.63) is 120 Å². The number of carbonyl (C=O) groups excluding carboxylic acids is 4. The summed E-state index contributed by atoms with van der Waals surface area (Å²) in [4.78, 5) is 48.9. The van der Waals surface area contributed by atoms with E-state index < -0.39 is 11.9 Å². The van der Waals surface area contributed by atoms with Crippen molar-refractivity contribution in [3.63, 3.8) is 0 Å². The monoisotopic (exact) mass is 787 g/mol. The van der Waals surface area contributed by atoms with E-state index >= 15 is 0 Å². The van der Waals surface area contributed by atoms with Crippen LogP contribution in [0.15, 0.2) is 92.0 Å². The van der Waals surface area contributed by atoms with E-state index in [1.165, 1.54) is 81.7 Å². The Morgan fingerprint density at radius 2 is 0.966 bits per heavy atom. The number of carbonyl (C=O) groups is 4. The molecule has 0 aliphatic heterocycles. The Kier molecular flexibility index (Phi) is 17.3. The minimum atomic E-state index is -0.610. The van der Waals surface area contributed by atoms with Gasteiger partial charge in [-0.15, -0.1) is 0 Å². The van der Waals surface area contributed by atoms with E-state index in [0.29, 0.717) is 48.0 Å². The van der Waals surface area contributed by atoms with E-state index in [2.05, 4.69) is 19.2 Å². The maximum atomic E-state index is 13.2. The lowest BCUT2D eigenvalue weighted by molar-refractivity contribution is -0.138. The number of nitrogens with zero attached hydrogens (tertiary/aromatic N) is 1. The molecule has 0 bridgehead atoms. The zero-order chi connectivity index (χ0) is 41.1. The van der Waals surface area contributed by atoms with Crippen molar-refractivity contribution in [2.45, 2.75) is 103 Å². The Bertz CT molecular complexity index is 1880. The van der Waals surface area contributed by atoms with Crippen LogP contribution in [0, 0.1) is 35.0 Å². The van der Waals surface area contributed by atoms with Crippen LogP contribution in [0.4, 0.5) is 0 Å². The highest BCUT2D eigenvalue weighted by Gasteiger charge is 2.23. The highest BCUT2D eigenvalue weighted by molar-refractivity contribution is 5.93. The van der Waals surface area contributed by atoms with Crippen LogP contribution in [0.1, 0.15) is 127 Å². The van der Waals surface area contributed by atoms with Gasteiger partial charge in [0.2, 0.25) is 0 Å². The largest absolute Gasteiger partial charge is 0.463 e. The molecule has 2 saturated carbocycles. The van der Waals surface area contributed by atoms with Gasteiger partial charge in [-0.05, 0) is 123 Å². The molecule has 2 aliphatic carbocycles. The quantitative estimate of drug-likeness (QED) is 0.0475. The average molecular weight is 788 g/mol. The summed E-state index contributed by atoms with van der Waals surface area (Å²) in [5, 5.41) is 9.52. The predicted molar refractivity (Wildman–Crippen MR) is 222 cm³/mol. The third-order valence-electron chi connectivity index (χ3n) is 11.8. The molecule has 0 aromatic heterocycles. The molecule has 2 aliphatic rings. The van der Waals surface area contributed by atoms with Crippen molar-refractivity contribution < 1.29 is 38.1 Å². The van der Waals surface area contributed by atoms with Crippen LogP contribution in [0.3, 0.4) is 0 Å². The first-order valence-corrected chi connectivity index (χ1v) is 21.0. The lowest BCUT2D eigenvalue weighted by atomic mass is 9.78. The summed E-state index contributed by atoms with van der Waals surface area (Å²) < 4.78 is 21.6. The first-order valence-electron chi connectivity index (χ1n) is 21.0. The minimum Gasteiger partial charge on any atom is -0.463 e. The van der Waals surface area contributed by atoms with Gasteiger partial charge in [0.25, 0.3) is 0 Å². The summed E-state index contributed by atoms with van der Waals surface area (Å²) in [5.74, 6) is 0.862. The van der Waals surface area contributed by atoms with Crippen LogP contribution < -0.4 is 9.47 Å². The van der Waals surface area contributed by atoms with E-state index in [4.69, 9.17) is 18.9 Å². The molecule has 0 atom stereocenters. The average Bonchev–Trinajstić information content (AvgIpc) is 3.26. The molecule has 0 heterocycles. The molecule has 58 heavy (non-hydrogen) atoms. The molecule has 0 radical (unpaired) electrons. The number of rotatable bonds is 20. The topological polar surface area (TPSA) is 129 Å². The molecule has 2 fully saturated rings. The zero-order valence-corrected chi connectivity index (χ0v) is 33.7. The van der Waals surface area contributed by atoms with Crippen LogP contribution in [-0.4, -0.2) is 37.1 Å². The summed E-state index contributed by atoms with van der Waals surface area (Å²) in [6, 6.07) is 21.2. The molecule has 3 aromatic carbocycles. The van der Waals surface area contributed by atoms with Gasteiger partial charge in [-0.1, -0.05) is 88.8 Å². The summed E-state index contributed by atoms with van der Waals surface area (Å²) in [7, 11) is 0. The lowest BCUT2D eigenvalue weighted by Gasteiger charge is -2.28. The van der Waals surface area contributed by atoms with Crippen LogP contribution >= 0.6 is 0 Å². The molecule has 9 nitrogen and oxygen atoms in total. The summed E-state index contributed by atoms with van der Waals surface area (Å²) >= 11 is 0. The fourth-order valence-corrected chi connectivity index (χ4v) is 8.24. The highest BCUT2D eigenvalue weighted by Crippen LogP contribution is 2.36. The Labute approximate surface area is 343 Å². The van der Waals surface area contributed by atoms with Gasteiger partial charge in [-0.3, -0.25) is 0 Å². The van der Waals surface area contributed by atoms with Gasteiger partial charge < -0.3 is 18.9 Å². The molecule has 5 rings (SSSR count). The molecule has 3 aromatic rings. The molecule has 0 amide bonds. The summed E-state index contributed by atoms with van der Waals surface area (Å²) in [5.41, 5.74) is 3.30. The standard InChI is InChI=1S/C49H57NO8/c1-3-46(51)55-31-5-7-35-9-13-37(14-10-35)17-19-39-21-26-42(27-22-39)48(53)57-44-30-25-41(34-50)33-45(44)58-49(54)43-28-23-40(24-29-43)20-18-38-15-11-36(12-16-38)8-6-32-56-47(52)4-2/h3-4,21-30,33,35-38H,1-2,5-20,31-32H2/t35-,36-,37-,38-. The van der Waals surface area contributed by atoms with Gasteiger partial charge in [-0.25, -0.2) is 19.2 Å². The van der Waals surface area contributed by atoms with Crippen LogP contribution in [0.2, 0.25) is 0 Å². The first kappa shape index (κ1) is 43.6. The first-order chi connectivity index (χ1) is 28.2. The summed E-state index contributed by atoms with van der Waals surface area (Å²) in [6.45, 7) is 7.76. The lowest BCUT2D eigenvalue weighted by Crippen LogP contribution is -2.16. The SMILES string of the molecule is C=CC(=O)OCCC[C@H]1CC[C@H](CCc2ccc(C(=O)Oc3ccc(C#N)cc3OC(=O)c3ccc(CC[C@H]4CC[C@H](CCCOC(=O)C=C)CC4)cc3)cc2)CC1. The maximum absolute atomic E-state index is 13.2. The van der Waals surface area contributed by atoms with Crippen molar-refractivity contribution in [2.24, 2.45) is 23.7 Å². The van der Waals surface area contributed by atoms with E-state index in [1.54, 1.807) is 24.3 Å². The molecular weight excluding hydrogens is 731 g/mol. The molecule has 306 valence electrons. The summed E-state index contributed by atoms with van der Waals surface area (Å²) in [6.07, 6.45) is 20.0. The van der Waals surface area contributed by atoms with Crippen LogP contribution in [-0.2, 0) is 31.9 Å². The number of nitriles is 1. The molecular formula is C49H57NO8. The Morgan fingerprint density at radius 1 is 0.569 bits per heavy atom. The number of benzene rings is 3. The molecule has 0 saturated heterocycles. The predicted octanol–water partition coefficient (Wildman–Crippen LogP) is 10.5. The minimum absolute atomic E-state index is 0.00247. The number of esters is 4. The zero-order valence-electron chi connectivity index (χ0n) is 33.7. The van der Waals surface area contributed by atoms with E-state index in [1.807, 2.05) is 24.3 Å². The fraction of sp³-hybridized carbons (Fsp3) is 0.449. The van der Waals surface area contributed by atoms with Gasteiger partial charge in [0, 0.05) is 18.2 Å². The van der Waals surface area contributed by atoms with Crippen LogP contribution in [0.25, 0.3) is 0 Å². The third kappa shape index (κ3) is 14.2. The molecule has 9 heteroatoms. The second-order valence-electron chi connectivity index (χ2n) is 15.8. The normalized spacial score (nSPS) is 18.9. The maximum Gasteiger partial charge on any atom is 0.343 e. The van der Waals surface area contributed by atoms with E-state index in [0.717, 1.165) is 62.5 Å². The Morgan fingerprint density at radius 3 is 1.36 bits per heavy atom. The van der Waals surface area contributed by atoms with Crippen molar-refractivity contribution in [1.82, 2.24) is 0 Å². The van der Waals surface area contributed by atoms with Gasteiger partial charge >= 0.3 is 23.9 Å². The second-order valence-corrected chi connectivity index (χ2v) is 15.8. The van der Waals surface area contributed by atoms with Crippen LogP contribution in [0.5, 0.6) is 11.5 Å². The Balaban J connectivity index is 1.04. The second kappa shape index (κ2) is 23.0. The number of aryl methyl sites for hydroxylation is 2. The van der Waals surface area contributed by atoms with E-state index in [9.17, 15) is 24.4 Å². The van der Waals surface area contributed by atoms with Gasteiger partial charge in [-0.2, -0.15) is 5.26 Å². The smallest absolute Gasteiger partial charge is 0.343 e. The van der Waals surface area contributed by atoms with Crippen molar-refractivity contribution >= 4 is 23.9 Å². The highest BCUT2D eigenvalue weighted by atomic mass is 16.6. The van der Waals surface area contributed by atoms with Crippen molar-refractivity contribution in [3.8, 4) is 17.6 Å². The third-order valence-corrected chi connectivity index (χ3v) is 11.8. The Hall–Kier alpha value is -5.49. The van der Waals surface area contributed by atoms with Crippen molar-refractivity contribution in [1.29, 1.82) is 5.26 Å². The number of ether oxygens (including phenoxy) is 4. The number of hydrogen-bond acceptors (Lipinski definition) is 9. The van der Waals surface area contributed by atoms with Gasteiger partial charge in [0.1, 0.15) is 0 Å². The fourth-order valence-electron chi connectivity index (χ4n) is 8.24.